The molecule has 164 valence electrons. The second kappa shape index (κ2) is 8.37. The van der Waals surface area contributed by atoms with Crippen molar-refractivity contribution >= 4 is 11.2 Å². The van der Waals surface area contributed by atoms with Gasteiger partial charge < -0.3 is 4.57 Å². The molecule has 0 saturated heterocycles. The first-order chi connectivity index (χ1) is 16.8. The number of fused-ring (bicyclic) bond motifs is 1. The summed E-state index contributed by atoms with van der Waals surface area (Å²) in [5.74, 6) is 1.50. The van der Waals surface area contributed by atoms with E-state index >= 15 is 0 Å². The summed E-state index contributed by atoms with van der Waals surface area (Å²) in [6.45, 7) is 2.75. The Morgan fingerprint density at radius 2 is 1.56 bits per heavy atom. The molecule has 0 saturated carbocycles. The highest BCUT2D eigenvalue weighted by molar-refractivity contribution is 5.81. The van der Waals surface area contributed by atoms with Gasteiger partial charge in [0.05, 0.1) is 6.54 Å². The number of aryl methyl sites for hydroxylation is 1. The van der Waals surface area contributed by atoms with Gasteiger partial charge in [-0.25, -0.2) is 9.97 Å². The first-order valence-electron chi connectivity index (χ1n) is 11.1. The fourth-order valence-corrected chi connectivity index (χ4v) is 4.27. The summed E-state index contributed by atoms with van der Waals surface area (Å²) in [6.07, 6.45) is 1.85. The number of H-pyrrole nitrogens is 1. The van der Waals surface area contributed by atoms with Crippen LogP contribution in [0.5, 0.6) is 0 Å². The largest absolute Gasteiger partial charge is 0.304 e. The van der Waals surface area contributed by atoms with Crippen molar-refractivity contribution in [1.82, 2.24) is 35.2 Å². The number of tetrazole rings is 1. The molecule has 0 spiro atoms. The summed E-state index contributed by atoms with van der Waals surface area (Å²) in [4.78, 5) is 9.63. The third-order valence-corrected chi connectivity index (χ3v) is 5.99. The highest BCUT2D eigenvalue weighted by Gasteiger charge is 2.16. The summed E-state index contributed by atoms with van der Waals surface area (Å²) in [7, 11) is 0. The van der Waals surface area contributed by atoms with Crippen LogP contribution in [0.3, 0.4) is 0 Å². The molecule has 3 heterocycles. The first-order valence-corrected chi connectivity index (χ1v) is 11.1. The topological polar surface area (TPSA) is 85.2 Å². The molecule has 0 atom stereocenters. The second-order valence-electron chi connectivity index (χ2n) is 8.17. The Labute approximate surface area is 196 Å². The lowest BCUT2D eigenvalue weighted by Gasteiger charge is -2.11. The average Bonchev–Trinajstić information content (AvgIpc) is 3.55. The van der Waals surface area contributed by atoms with Gasteiger partial charge in [-0.15, -0.1) is 10.2 Å². The van der Waals surface area contributed by atoms with Crippen molar-refractivity contribution in [3.05, 3.63) is 102 Å². The number of pyridine rings is 1. The Balaban J connectivity index is 1.39. The summed E-state index contributed by atoms with van der Waals surface area (Å²) < 4.78 is 2.19. The lowest BCUT2D eigenvalue weighted by atomic mass is 9.98. The Morgan fingerprint density at radius 3 is 2.32 bits per heavy atom. The highest BCUT2D eigenvalue weighted by Crippen LogP contribution is 2.31. The molecule has 0 aliphatic heterocycles. The van der Waals surface area contributed by atoms with Gasteiger partial charge in [0.15, 0.2) is 5.65 Å². The lowest BCUT2D eigenvalue weighted by molar-refractivity contribution is 0.824. The van der Waals surface area contributed by atoms with Crippen molar-refractivity contribution in [1.29, 1.82) is 0 Å². The van der Waals surface area contributed by atoms with Crippen LogP contribution in [0.1, 0.15) is 11.1 Å². The van der Waals surface area contributed by atoms with E-state index in [1.54, 1.807) is 0 Å². The Hall–Kier alpha value is -4.65. The normalized spacial score (nSPS) is 11.2. The molecule has 0 radical (unpaired) electrons. The van der Waals surface area contributed by atoms with Gasteiger partial charge >= 0.3 is 0 Å². The number of rotatable bonds is 5. The molecule has 7 nitrogen and oxygen atoms in total. The van der Waals surface area contributed by atoms with E-state index in [1.165, 1.54) is 5.56 Å². The van der Waals surface area contributed by atoms with E-state index in [-0.39, 0.29) is 0 Å². The van der Waals surface area contributed by atoms with Gasteiger partial charge in [-0.3, -0.25) is 0 Å². The van der Waals surface area contributed by atoms with Crippen LogP contribution in [0, 0.1) is 6.92 Å². The Morgan fingerprint density at radius 1 is 0.794 bits per heavy atom. The van der Waals surface area contributed by atoms with Crippen molar-refractivity contribution in [2.75, 3.05) is 0 Å². The zero-order valence-corrected chi connectivity index (χ0v) is 18.6. The van der Waals surface area contributed by atoms with E-state index in [9.17, 15) is 0 Å². The van der Waals surface area contributed by atoms with Crippen LogP contribution in [0.15, 0.2) is 91.1 Å². The predicted molar refractivity (Wildman–Crippen MR) is 132 cm³/mol. The van der Waals surface area contributed by atoms with Gasteiger partial charge in [0.25, 0.3) is 0 Å². The third kappa shape index (κ3) is 3.53. The standard InChI is InChI=1S/C27H21N7/c1-18-15-16-28-27-24(18)29-26(21-7-3-2-4-8-21)34(27)17-19-11-13-20(14-12-19)22-9-5-6-10-23(22)25-30-32-33-31-25/h2-16H,17H2,1H3,(H,30,31,32,33). The quantitative estimate of drug-likeness (QED) is 0.391. The van der Waals surface area contributed by atoms with E-state index in [0.717, 1.165) is 44.8 Å². The Bertz CT molecular complexity index is 1570. The van der Waals surface area contributed by atoms with Crippen LogP contribution in [-0.4, -0.2) is 35.2 Å². The SMILES string of the molecule is Cc1ccnc2c1nc(-c1ccccc1)n2Cc1ccc(-c2ccccc2-c2nn[nH]n2)cc1. The van der Waals surface area contributed by atoms with Crippen molar-refractivity contribution in [2.24, 2.45) is 0 Å². The molecule has 6 aromatic rings. The number of hydrogen-bond acceptors (Lipinski definition) is 5. The predicted octanol–water partition coefficient (Wildman–Crippen LogP) is 5.30. The van der Waals surface area contributed by atoms with Gasteiger partial charge in [-0.2, -0.15) is 5.21 Å². The molecule has 0 aliphatic rings. The summed E-state index contributed by atoms with van der Waals surface area (Å²) >= 11 is 0. The van der Waals surface area contributed by atoms with E-state index < -0.39 is 0 Å². The van der Waals surface area contributed by atoms with Crippen molar-refractivity contribution in [2.45, 2.75) is 13.5 Å². The molecule has 0 bridgehead atoms. The average molecular weight is 444 g/mol. The first kappa shape index (κ1) is 20.0. The summed E-state index contributed by atoms with van der Waals surface area (Å²) in [5.41, 5.74) is 8.29. The molecule has 34 heavy (non-hydrogen) atoms. The molecule has 0 aliphatic carbocycles. The molecule has 6 rings (SSSR count). The Kier molecular flexibility index (Phi) is 4.92. The lowest BCUT2D eigenvalue weighted by Crippen LogP contribution is -2.03. The number of benzene rings is 3. The number of aromatic amines is 1. The zero-order chi connectivity index (χ0) is 22.9. The van der Waals surface area contributed by atoms with E-state index in [2.05, 4.69) is 79.6 Å². The number of hydrogen-bond donors (Lipinski definition) is 1. The minimum Gasteiger partial charge on any atom is -0.304 e. The van der Waals surface area contributed by atoms with E-state index in [1.807, 2.05) is 48.7 Å². The maximum atomic E-state index is 4.96. The van der Waals surface area contributed by atoms with Crippen LogP contribution >= 0.6 is 0 Å². The van der Waals surface area contributed by atoms with Crippen LogP contribution in [0.25, 0.3) is 45.1 Å². The molecule has 0 unspecified atom stereocenters. The number of imidazole rings is 1. The third-order valence-electron chi connectivity index (χ3n) is 5.99. The molecule has 3 aromatic heterocycles. The number of nitrogens with zero attached hydrogens (tertiary/aromatic N) is 6. The maximum Gasteiger partial charge on any atom is 0.205 e. The minimum absolute atomic E-state index is 0.582. The van der Waals surface area contributed by atoms with Gasteiger partial charge in [0.1, 0.15) is 11.3 Å². The van der Waals surface area contributed by atoms with Crippen LogP contribution in [0.4, 0.5) is 0 Å². The van der Waals surface area contributed by atoms with Gasteiger partial charge in [-0.1, -0.05) is 78.9 Å². The van der Waals surface area contributed by atoms with Crippen LogP contribution in [-0.2, 0) is 6.54 Å². The smallest absolute Gasteiger partial charge is 0.205 e. The van der Waals surface area contributed by atoms with Gasteiger partial charge in [0.2, 0.25) is 5.82 Å². The second-order valence-corrected chi connectivity index (χ2v) is 8.17. The molecule has 0 amide bonds. The highest BCUT2D eigenvalue weighted by atomic mass is 15.5. The molecular formula is C27H21N7. The van der Waals surface area contributed by atoms with Crippen LogP contribution in [0.2, 0.25) is 0 Å². The number of aromatic nitrogens is 7. The summed E-state index contributed by atoms with van der Waals surface area (Å²) in [5, 5.41) is 14.5. The minimum atomic E-state index is 0.582. The molecule has 7 heteroatoms. The maximum absolute atomic E-state index is 4.96. The van der Waals surface area contributed by atoms with Gasteiger partial charge in [0, 0.05) is 17.3 Å². The van der Waals surface area contributed by atoms with Crippen molar-refractivity contribution in [3.63, 3.8) is 0 Å². The van der Waals surface area contributed by atoms with Crippen molar-refractivity contribution < 1.29 is 0 Å². The van der Waals surface area contributed by atoms with E-state index in [4.69, 9.17) is 4.98 Å². The van der Waals surface area contributed by atoms with Crippen LogP contribution < -0.4 is 0 Å². The molecule has 1 N–H and O–H groups in total. The number of nitrogens with one attached hydrogen (secondary N) is 1. The van der Waals surface area contributed by atoms with E-state index in [0.29, 0.717) is 12.4 Å². The van der Waals surface area contributed by atoms with Crippen molar-refractivity contribution in [3.8, 4) is 33.9 Å². The van der Waals surface area contributed by atoms with Gasteiger partial charge in [-0.05, 0) is 40.5 Å². The summed E-state index contributed by atoms with van der Waals surface area (Å²) in [6, 6.07) is 28.9. The monoisotopic (exact) mass is 443 g/mol. The fraction of sp³-hybridized carbons (Fsp3) is 0.0741. The molecule has 0 fully saturated rings. The molecule has 3 aromatic carbocycles. The molecular weight excluding hydrogens is 422 g/mol. The zero-order valence-electron chi connectivity index (χ0n) is 18.6. The fourth-order valence-electron chi connectivity index (χ4n) is 4.27.